The Kier molecular flexibility index (Phi) is 10.0. The molecule has 0 saturated carbocycles. The van der Waals surface area contributed by atoms with Gasteiger partial charge in [-0.3, -0.25) is 4.79 Å². The third-order valence-corrected chi connectivity index (χ3v) is 7.59. The number of amides is 1. The van der Waals surface area contributed by atoms with Gasteiger partial charge in [0.25, 0.3) is 0 Å². The molecule has 0 bridgehead atoms. The number of benzene rings is 2. The lowest BCUT2D eigenvalue weighted by Gasteiger charge is -2.20. The number of nitrogens with one attached hydrogen (secondary N) is 2. The lowest BCUT2D eigenvalue weighted by Crippen LogP contribution is -2.42. The van der Waals surface area contributed by atoms with E-state index in [-0.39, 0.29) is 17.9 Å². The Morgan fingerprint density at radius 3 is 2.50 bits per heavy atom. The molecule has 0 aliphatic carbocycles. The van der Waals surface area contributed by atoms with Crippen LogP contribution in [0, 0.1) is 18.8 Å². The lowest BCUT2D eigenvalue weighted by molar-refractivity contribution is -0.122. The third kappa shape index (κ3) is 8.22. The zero-order valence-electron chi connectivity index (χ0n) is 20.2. The predicted octanol–water partition coefficient (Wildman–Crippen LogP) is 6.70. The predicted molar refractivity (Wildman–Crippen MR) is 146 cm³/mol. The molecule has 0 spiro atoms. The number of carbonyl (C=O) groups excluding carboxylic acids is 1. The number of allylic oxidation sites excluding steroid dienone is 1. The van der Waals surface area contributed by atoms with Crippen LogP contribution in [0.5, 0.6) is 0 Å². The first-order valence-electron chi connectivity index (χ1n) is 11.5. The summed E-state index contributed by atoms with van der Waals surface area (Å²) in [4.78, 5) is 14.0. The first-order chi connectivity index (χ1) is 16.4. The molecule has 3 rings (SSSR count). The highest BCUT2D eigenvalue weighted by Crippen LogP contribution is 2.26. The minimum Gasteiger partial charge on any atom is -0.354 e. The molecule has 3 nitrogen and oxygen atoms in total. The van der Waals surface area contributed by atoms with E-state index < -0.39 is 0 Å². The SMILES string of the molecule is C/C=C(\C)CC(NSc1ccc(C#Cc2ccc(C)cc2)s1)C(=O)NCC(C)c1ccccc1. The van der Waals surface area contributed by atoms with Crippen LogP contribution in [0.1, 0.15) is 54.7 Å². The van der Waals surface area contributed by atoms with Crippen molar-refractivity contribution in [3.05, 3.63) is 99.9 Å². The maximum atomic E-state index is 13.0. The molecule has 3 aromatic rings. The van der Waals surface area contributed by atoms with Crippen LogP contribution >= 0.6 is 23.3 Å². The summed E-state index contributed by atoms with van der Waals surface area (Å²) in [7, 11) is 0. The average molecular weight is 489 g/mol. The molecule has 5 heteroatoms. The fourth-order valence-corrected chi connectivity index (χ4v) is 5.00. The molecule has 34 heavy (non-hydrogen) atoms. The standard InChI is InChI=1S/C29H32N2OS2/c1-5-21(2)19-27(29(32)30-20-23(4)25-9-7-6-8-10-25)31-34-28-18-17-26(33-28)16-15-24-13-11-22(3)12-14-24/h5-14,17-18,23,27,31H,19-20H2,1-4H3,(H,30,32)/b21-5+. The maximum Gasteiger partial charge on any atom is 0.238 e. The van der Waals surface area contributed by atoms with E-state index in [1.807, 2.05) is 43.3 Å². The van der Waals surface area contributed by atoms with Gasteiger partial charge in [-0.05, 0) is 74.9 Å². The molecule has 2 N–H and O–H groups in total. The van der Waals surface area contributed by atoms with E-state index in [0.29, 0.717) is 13.0 Å². The van der Waals surface area contributed by atoms with Gasteiger partial charge >= 0.3 is 0 Å². The molecular formula is C29H32N2OS2. The Morgan fingerprint density at radius 1 is 1.06 bits per heavy atom. The minimum absolute atomic E-state index is 0.0208. The lowest BCUT2D eigenvalue weighted by atomic mass is 10.0. The Labute approximate surface area is 212 Å². The molecule has 0 radical (unpaired) electrons. The number of aryl methyl sites for hydroxylation is 1. The van der Waals surface area contributed by atoms with Crippen molar-refractivity contribution in [1.82, 2.24) is 10.0 Å². The van der Waals surface area contributed by atoms with Crippen LogP contribution in [-0.4, -0.2) is 18.5 Å². The van der Waals surface area contributed by atoms with Crippen LogP contribution < -0.4 is 10.0 Å². The maximum absolute atomic E-state index is 13.0. The Bertz CT molecular complexity index is 1150. The van der Waals surface area contributed by atoms with Crippen molar-refractivity contribution in [2.75, 3.05) is 6.54 Å². The van der Waals surface area contributed by atoms with Crippen molar-refractivity contribution < 1.29 is 4.79 Å². The van der Waals surface area contributed by atoms with Crippen molar-refractivity contribution >= 4 is 29.2 Å². The van der Waals surface area contributed by atoms with Gasteiger partial charge in [0.1, 0.15) is 0 Å². The number of rotatable bonds is 9. The van der Waals surface area contributed by atoms with Crippen LogP contribution in [0.15, 0.2) is 82.6 Å². The quantitative estimate of drug-likeness (QED) is 0.200. The fourth-order valence-electron chi connectivity index (χ4n) is 3.25. The largest absolute Gasteiger partial charge is 0.354 e. The summed E-state index contributed by atoms with van der Waals surface area (Å²) in [6.07, 6.45) is 2.73. The average Bonchev–Trinajstić information content (AvgIpc) is 3.32. The molecule has 1 aromatic heterocycles. The van der Waals surface area contributed by atoms with E-state index in [4.69, 9.17) is 0 Å². The van der Waals surface area contributed by atoms with Crippen molar-refractivity contribution in [3.8, 4) is 11.8 Å². The van der Waals surface area contributed by atoms with E-state index in [1.54, 1.807) is 11.3 Å². The van der Waals surface area contributed by atoms with E-state index in [0.717, 1.165) is 14.6 Å². The summed E-state index contributed by atoms with van der Waals surface area (Å²) < 4.78 is 4.47. The topological polar surface area (TPSA) is 41.1 Å². The zero-order valence-corrected chi connectivity index (χ0v) is 21.9. The second-order valence-corrected chi connectivity index (χ2v) is 10.6. The van der Waals surface area contributed by atoms with Crippen molar-refractivity contribution in [2.45, 2.75) is 50.3 Å². The van der Waals surface area contributed by atoms with Gasteiger partial charge in [0, 0.05) is 12.1 Å². The van der Waals surface area contributed by atoms with Crippen molar-refractivity contribution in [1.29, 1.82) is 0 Å². The molecule has 1 heterocycles. The zero-order chi connectivity index (χ0) is 24.3. The number of hydrogen-bond acceptors (Lipinski definition) is 4. The van der Waals surface area contributed by atoms with E-state index in [9.17, 15) is 4.79 Å². The van der Waals surface area contributed by atoms with Crippen LogP contribution in [0.4, 0.5) is 0 Å². The van der Waals surface area contributed by atoms with Gasteiger partial charge in [-0.2, -0.15) is 0 Å². The molecule has 0 aliphatic rings. The first-order valence-corrected chi connectivity index (χ1v) is 13.1. The summed E-state index contributed by atoms with van der Waals surface area (Å²) in [5.74, 6) is 6.74. The van der Waals surface area contributed by atoms with Crippen LogP contribution in [0.2, 0.25) is 0 Å². The Morgan fingerprint density at radius 2 is 1.79 bits per heavy atom. The van der Waals surface area contributed by atoms with Gasteiger partial charge in [-0.25, -0.2) is 4.72 Å². The fraction of sp³-hybridized carbons (Fsp3) is 0.276. The van der Waals surface area contributed by atoms with Gasteiger partial charge in [0.15, 0.2) is 0 Å². The highest BCUT2D eigenvalue weighted by atomic mass is 32.2. The van der Waals surface area contributed by atoms with Crippen molar-refractivity contribution in [3.63, 3.8) is 0 Å². The summed E-state index contributed by atoms with van der Waals surface area (Å²) in [6.45, 7) is 8.88. The Hall–Kier alpha value is -2.78. The molecule has 176 valence electrons. The molecule has 1 amide bonds. The highest BCUT2D eigenvalue weighted by Gasteiger charge is 2.20. The smallest absolute Gasteiger partial charge is 0.238 e. The number of carbonyl (C=O) groups is 1. The van der Waals surface area contributed by atoms with Gasteiger partial charge in [0.2, 0.25) is 5.91 Å². The van der Waals surface area contributed by atoms with E-state index >= 15 is 0 Å². The summed E-state index contributed by atoms with van der Waals surface area (Å²) >= 11 is 3.13. The normalized spacial score (nSPS) is 13.0. The monoisotopic (exact) mass is 488 g/mol. The van der Waals surface area contributed by atoms with Gasteiger partial charge in [0.05, 0.1) is 15.1 Å². The molecule has 2 aromatic carbocycles. The van der Waals surface area contributed by atoms with E-state index in [2.05, 4.69) is 79.1 Å². The van der Waals surface area contributed by atoms with Crippen LogP contribution in [0.3, 0.4) is 0 Å². The van der Waals surface area contributed by atoms with E-state index in [1.165, 1.54) is 28.6 Å². The summed E-state index contributed by atoms with van der Waals surface area (Å²) in [5, 5.41) is 3.13. The number of hydrogen-bond donors (Lipinski definition) is 2. The van der Waals surface area contributed by atoms with Gasteiger partial charge in [-0.15, -0.1) is 11.3 Å². The van der Waals surface area contributed by atoms with Crippen molar-refractivity contribution in [2.24, 2.45) is 0 Å². The van der Waals surface area contributed by atoms with Crippen LogP contribution in [-0.2, 0) is 4.79 Å². The molecule has 0 aliphatic heterocycles. The molecular weight excluding hydrogens is 456 g/mol. The second-order valence-electron chi connectivity index (χ2n) is 8.40. The third-order valence-electron chi connectivity index (χ3n) is 5.55. The highest BCUT2D eigenvalue weighted by molar-refractivity contribution is 7.99. The first kappa shape index (κ1) is 25.8. The number of thiophene rings is 1. The van der Waals surface area contributed by atoms with Crippen LogP contribution in [0.25, 0.3) is 0 Å². The van der Waals surface area contributed by atoms with Gasteiger partial charge in [-0.1, -0.05) is 78.4 Å². The molecule has 0 saturated heterocycles. The molecule has 2 atom stereocenters. The Balaban J connectivity index is 1.58. The second kappa shape index (κ2) is 13.2. The summed E-state index contributed by atoms with van der Waals surface area (Å²) in [5.41, 5.74) is 4.65. The molecule has 0 fully saturated rings. The minimum atomic E-state index is -0.312. The molecule has 2 unspecified atom stereocenters. The summed E-state index contributed by atoms with van der Waals surface area (Å²) in [6, 6.07) is 22.3. The van der Waals surface area contributed by atoms with Gasteiger partial charge < -0.3 is 5.32 Å².